The van der Waals surface area contributed by atoms with Gasteiger partial charge in [-0.15, -0.1) is 0 Å². The van der Waals surface area contributed by atoms with Gasteiger partial charge >= 0.3 is 0 Å². The van der Waals surface area contributed by atoms with Crippen LogP contribution in [0, 0.1) is 0 Å². The quantitative estimate of drug-likeness (QED) is 0.618. The summed E-state index contributed by atoms with van der Waals surface area (Å²) in [5, 5.41) is 0. The van der Waals surface area contributed by atoms with Gasteiger partial charge in [0.2, 0.25) is 0 Å². The van der Waals surface area contributed by atoms with Crippen LogP contribution in [0.15, 0.2) is 24.3 Å². The zero-order valence-electron chi connectivity index (χ0n) is 13.8. The molecule has 0 atom stereocenters. The molecule has 1 aliphatic rings. The Morgan fingerprint density at radius 3 is 2.35 bits per heavy atom. The number of likely N-dealkylation sites (tertiary alicyclic amines) is 1. The Morgan fingerprint density at radius 1 is 1.17 bits per heavy atom. The summed E-state index contributed by atoms with van der Waals surface area (Å²) < 4.78 is 5.76. The van der Waals surface area contributed by atoms with Crippen molar-refractivity contribution in [2.24, 2.45) is 5.73 Å². The fraction of sp³-hybridized carbons (Fsp3) is 0.556. The number of nitrogens with two attached hydrogens (primary N) is 1. The summed E-state index contributed by atoms with van der Waals surface area (Å²) >= 11 is 0. The molecule has 0 aromatic heterocycles. The summed E-state index contributed by atoms with van der Waals surface area (Å²) in [4.78, 5) is 26.0. The minimum atomic E-state index is 0.0286. The summed E-state index contributed by atoms with van der Waals surface area (Å²) in [5.41, 5.74) is 6.76. The Balaban J connectivity index is 1.86. The van der Waals surface area contributed by atoms with Crippen LogP contribution in [-0.2, 0) is 4.74 Å². The number of carbonyl (C=O) groups is 2. The summed E-state index contributed by atoms with van der Waals surface area (Å²) in [6, 6.07) is 6.97. The maximum atomic E-state index is 12.5. The van der Waals surface area contributed by atoms with Crippen LogP contribution in [0.3, 0.4) is 0 Å². The molecule has 2 rings (SSSR count). The molecule has 5 nitrogen and oxygen atoms in total. The first-order valence-electron chi connectivity index (χ1n) is 8.40. The average molecular weight is 318 g/mol. The van der Waals surface area contributed by atoms with Crippen molar-refractivity contribution < 1.29 is 14.3 Å². The first kappa shape index (κ1) is 17.6. The molecule has 126 valence electrons. The monoisotopic (exact) mass is 318 g/mol. The molecule has 0 bridgehead atoms. The third-order valence-corrected chi connectivity index (χ3v) is 4.21. The second kappa shape index (κ2) is 8.79. The van der Waals surface area contributed by atoms with Crippen LogP contribution in [0.5, 0.6) is 0 Å². The number of rotatable bonds is 7. The zero-order chi connectivity index (χ0) is 16.7. The standard InChI is InChI=1S/C18H26N2O3/c1-2-17(21)14-4-6-15(7-5-14)18(22)20-11-8-16(9-12-20)23-13-3-10-19/h4-7,16H,2-3,8-13,19H2,1H3. The number of hydrogen-bond donors (Lipinski definition) is 1. The van der Waals surface area contributed by atoms with E-state index < -0.39 is 0 Å². The van der Waals surface area contributed by atoms with Crippen LogP contribution in [0.4, 0.5) is 0 Å². The van der Waals surface area contributed by atoms with Crippen molar-refractivity contribution in [2.75, 3.05) is 26.2 Å². The van der Waals surface area contributed by atoms with Gasteiger partial charge in [-0.2, -0.15) is 0 Å². The molecule has 1 saturated heterocycles. The third kappa shape index (κ3) is 4.88. The molecule has 1 aliphatic heterocycles. The molecule has 5 heteroatoms. The van der Waals surface area contributed by atoms with Crippen molar-refractivity contribution >= 4 is 11.7 Å². The van der Waals surface area contributed by atoms with Crippen LogP contribution >= 0.6 is 0 Å². The van der Waals surface area contributed by atoms with Gasteiger partial charge in [0.15, 0.2) is 5.78 Å². The molecule has 0 spiro atoms. The summed E-state index contributed by atoms with van der Waals surface area (Å²) in [5.74, 6) is 0.125. The Kier molecular flexibility index (Phi) is 6.74. The lowest BCUT2D eigenvalue weighted by molar-refractivity contribution is 0.00844. The van der Waals surface area contributed by atoms with Crippen molar-refractivity contribution in [1.82, 2.24) is 4.90 Å². The Bertz CT molecular complexity index is 520. The van der Waals surface area contributed by atoms with Gasteiger partial charge in [0.1, 0.15) is 0 Å². The molecule has 0 radical (unpaired) electrons. The van der Waals surface area contributed by atoms with E-state index >= 15 is 0 Å². The molecule has 2 N–H and O–H groups in total. The number of hydrogen-bond acceptors (Lipinski definition) is 4. The van der Waals surface area contributed by atoms with Crippen LogP contribution < -0.4 is 5.73 Å². The predicted molar refractivity (Wildman–Crippen MR) is 89.6 cm³/mol. The molecule has 23 heavy (non-hydrogen) atoms. The van der Waals surface area contributed by atoms with E-state index in [0.29, 0.717) is 43.8 Å². The number of carbonyl (C=O) groups excluding carboxylic acids is 2. The molecule has 0 unspecified atom stereocenters. The summed E-state index contributed by atoms with van der Waals surface area (Å²) in [6.07, 6.45) is 3.31. The first-order chi connectivity index (χ1) is 11.2. The average Bonchev–Trinajstić information content (AvgIpc) is 2.61. The largest absolute Gasteiger partial charge is 0.378 e. The van der Waals surface area contributed by atoms with Gasteiger partial charge in [-0.25, -0.2) is 0 Å². The lowest BCUT2D eigenvalue weighted by Crippen LogP contribution is -2.41. The van der Waals surface area contributed by atoms with E-state index in [4.69, 9.17) is 10.5 Å². The summed E-state index contributed by atoms with van der Waals surface area (Å²) in [7, 11) is 0. The SMILES string of the molecule is CCC(=O)c1ccc(C(=O)N2CCC(OCCCN)CC2)cc1. The van der Waals surface area contributed by atoms with Crippen LogP contribution in [-0.4, -0.2) is 48.9 Å². The normalized spacial score (nSPS) is 15.7. The minimum Gasteiger partial charge on any atom is -0.378 e. The smallest absolute Gasteiger partial charge is 0.253 e. The van der Waals surface area contributed by atoms with Gasteiger partial charge in [-0.1, -0.05) is 19.1 Å². The van der Waals surface area contributed by atoms with E-state index in [0.717, 1.165) is 19.3 Å². The van der Waals surface area contributed by atoms with Crippen molar-refractivity contribution in [1.29, 1.82) is 0 Å². The van der Waals surface area contributed by atoms with Gasteiger partial charge in [0.05, 0.1) is 6.10 Å². The lowest BCUT2D eigenvalue weighted by Gasteiger charge is -2.32. The highest BCUT2D eigenvalue weighted by Gasteiger charge is 2.24. The fourth-order valence-corrected chi connectivity index (χ4v) is 2.74. The van der Waals surface area contributed by atoms with Gasteiger partial charge in [-0.05, 0) is 37.9 Å². The highest BCUT2D eigenvalue weighted by molar-refractivity contribution is 5.98. The Hall–Kier alpha value is -1.72. The number of piperidine rings is 1. The zero-order valence-corrected chi connectivity index (χ0v) is 13.8. The molecular weight excluding hydrogens is 292 g/mol. The number of amides is 1. The van der Waals surface area contributed by atoms with E-state index in [9.17, 15) is 9.59 Å². The van der Waals surface area contributed by atoms with Crippen molar-refractivity contribution in [2.45, 2.75) is 38.7 Å². The Labute approximate surface area is 137 Å². The molecule has 1 fully saturated rings. The topological polar surface area (TPSA) is 72.6 Å². The van der Waals surface area contributed by atoms with Crippen molar-refractivity contribution in [3.8, 4) is 0 Å². The van der Waals surface area contributed by atoms with E-state index in [1.165, 1.54) is 0 Å². The second-order valence-electron chi connectivity index (χ2n) is 5.86. The molecule has 0 aliphatic carbocycles. The highest BCUT2D eigenvalue weighted by Crippen LogP contribution is 2.17. The summed E-state index contributed by atoms with van der Waals surface area (Å²) in [6.45, 7) is 4.60. The number of nitrogens with zero attached hydrogens (tertiary/aromatic N) is 1. The van der Waals surface area contributed by atoms with Gasteiger partial charge < -0.3 is 15.4 Å². The van der Waals surface area contributed by atoms with E-state index in [1.54, 1.807) is 24.3 Å². The molecule has 0 saturated carbocycles. The highest BCUT2D eigenvalue weighted by atomic mass is 16.5. The second-order valence-corrected chi connectivity index (χ2v) is 5.86. The molecule has 1 aromatic rings. The van der Waals surface area contributed by atoms with Crippen LogP contribution in [0.2, 0.25) is 0 Å². The van der Waals surface area contributed by atoms with Crippen molar-refractivity contribution in [3.63, 3.8) is 0 Å². The number of ether oxygens (including phenoxy) is 1. The number of Topliss-reactive ketones (excluding diaryl/α,β-unsaturated/α-hetero) is 1. The predicted octanol–water partition coefficient (Wildman–Crippen LogP) is 2.25. The molecule has 1 amide bonds. The molecule has 1 heterocycles. The number of ketones is 1. The van der Waals surface area contributed by atoms with Gasteiger partial charge in [-0.3, -0.25) is 9.59 Å². The van der Waals surface area contributed by atoms with Gasteiger partial charge in [0.25, 0.3) is 5.91 Å². The third-order valence-electron chi connectivity index (χ3n) is 4.21. The fourth-order valence-electron chi connectivity index (χ4n) is 2.74. The molecule has 1 aromatic carbocycles. The lowest BCUT2D eigenvalue weighted by atomic mass is 10.0. The maximum Gasteiger partial charge on any atom is 0.253 e. The van der Waals surface area contributed by atoms with Crippen molar-refractivity contribution in [3.05, 3.63) is 35.4 Å². The molecular formula is C18H26N2O3. The number of benzene rings is 1. The van der Waals surface area contributed by atoms with Gasteiger partial charge in [0, 0.05) is 37.2 Å². The Morgan fingerprint density at radius 2 is 1.78 bits per heavy atom. The first-order valence-corrected chi connectivity index (χ1v) is 8.40. The van der Waals surface area contributed by atoms with Crippen LogP contribution in [0.1, 0.15) is 53.3 Å². The van der Waals surface area contributed by atoms with E-state index in [2.05, 4.69) is 0 Å². The van der Waals surface area contributed by atoms with E-state index in [-0.39, 0.29) is 17.8 Å². The maximum absolute atomic E-state index is 12.5. The van der Waals surface area contributed by atoms with Crippen LogP contribution in [0.25, 0.3) is 0 Å². The van der Waals surface area contributed by atoms with E-state index in [1.807, 2.05) is 11.8 Å². The minimum absolute atomic E-state index is 0.0286.